The van der Waals surface area contributed by atoms with E-state index in [1.165, 1.54) is 10.5 Å². The maximum atomic E-state index is 5.45. The van der Waals surface area contributed by atoms with Crippen molar-refractivity contribution in [2.24, 2.45) is 0 Å². The summed E-state index contributed by atoms with van der Waals surface area (Å²) in [5, 5.41) is 4.38. The Balaban J connectivity index is 2.01. The molecule has 0 radical (unpaired) electrons. The van der Waals surface area contributed by atoms with Crippen molar-refractivity contribution in [3.63, 3.8) is 0 Å². The zero-order valence-corrected chi connectivity index (χ0v) is 14.6. The Bertz CT molecular complexity index is 628. The van der Waals surface area contributed by atoms with E-state index in [0.29, 0.717) is 12.7 Å². The van der Waals surface area contributed by atoms with Crippen LogP contribution in [0.4, 0.5) is 0 Å². The van der Waals surface area contributed by atoms with Gasteiger partial charge < -0.3 is 4.57 Å². The summed E-state index contributed by atoms with van der Waals surface area (Å²) in [5.74, 6) is 0. The molecule has 0 atom stereocenters. The maximum Gasteiger partial charge on any atom is 0.199 e. The Hall–Kier alpha value is -1.11. The maximum absolute atomic E-state index is 5.45. The van der Waals surface area contributed by atoms with Crippen LogP contribution in [0.15, 0.2) is 35.5 Å². The van der Waals surface area contributed by atoms with Crippen LogP contribution in [-0.2, 0) is 13.2 Å². The minimum absolute atomic E-state index is 0.343. The standard InChI is InChI=1S/C15H22N4S2/c1-12(2)18-10-16-19(15(18)20)11-17(3)9-13-5-7-14(21-4)8-6-13/h5-8,10,12H,9,11H2,1-4H3. The van der Waals surface area contributed by atoms with Crippen molar-refractivity contribution in [1.29, 1.82) is 0 Å². The monoisotopic (exact) mass is 322 g/mol. The molecule has 0 aliphatic carbocycles. The number of aromatic nitrogens is 3. The number of nitrogens with zero attached hydrogens (tertiary/aromatic N) is 4. The van der Waals surface area contributed by atoms with Crippen molar-refractivity contribution < 1.29 is 0 Å². The molecule has 114 valence electrons. The lowest BCUT2D eigenvalue weighted by Gasteiger charge is -2.16. The van der Waals surface area contributed by atoms with Crippen LogP contribution in [0.3, 0.4) is 0 Å². The van der Waals surface area contributed by atoms with Crippen molar-refractivity contribution in [3.05, 3.63) is 40.9 Å². The third-order valence-electron chi connectivity index (χ3n) is 3.30. The van der Waals surface area contributed by atoms with E-state index < -0.39 is 0 Å². The highest BCUT2D eigenvalue weighted by Gasteiger charge is 2.07. The predicted molar refractivity (Wildman–Crippen MR) is 91.1 cm³/mol. The largest absolute Gasteiger partial charge is 0.304 e. The molecule has 2 aromatic rings. The summed E-state index contributed by atoms with van der Waals surface area (Å²) in [6.07, 6.45) is 3.90. The number of rotatable bonds is 6. The van der Waals surface area contributed by atoms with E-state index in [4.69, 9.17) is 12.2 Å². The van der Waals surface area contributed by atoms with Gasteiger partial charge in [0.1, 0.15) is 6.33 Å². The second kappa shape index (κ2) is 7.24. The lowest BCUT2D eigenvalue weighted by molar-refractivity contribution is 0.243. The Morgan fingerprint density at radius 3 is 2.48 bits per heavy atom. The molecule has 0 saturated carbocycles. The van der Waals surface area contributed by atoms with Crippen LogP contribution in [0.25, 0.3) is 0 Å². The fourth-order valence-corrected chi connectivity index (χ4v) is 2.89. The van der Waals surface area contributed by atoms with Gasteiger partial charge in [-0.3, -0.25) is 4.90 Å². The first-order valence-corrected chi connectivity index (χ1v) is 8.60. The number of benzene rings is 1. The number of hydrogen-bond acceptors (Lipinski definition) is 4. The van der Waals surface area contributed by atoms with Gasteiger partial charge in [0, 0.05) is 17.5 Å². The minimum Gasteiger partial charge on any atom is -0.304 e. The van der Waals surface area contributed by atoms with Gasteiger partial charge in [0.15, 0.2) is 4.77 Å². The van der Waals surface area contributed by atoms with Crippen LogP contribution in [0.2, 0.25) is 0 Å². The molecule has 0 aliphatic heterocycles. The minimum atomic E-state index is 0.343. The lowest BCUT2D eigenvalue weighted by Crippen LogP contribution is -2.22. The quantitative estimate of drug-likeness (QED) is 0.597. The average molecular weight is 323 g/mol. The number of thioether (sulfide) groups is 1. The average Bonchev–Trinajstić information content (AvgIpc) is 2.81. The zero-order valence-electron chi connectivity index (χ0n) is 13.0. The Labute approximate surface area is 135 Å². The molecular formula is C15H22N4S2. The third kappa shape index (κ3) is 4.18. The van der Waals surface area contributed by atoms with Gasteiger partial charge in [0.25, 0.3) is 0 Å². The van der Waals surface area contributed by atoms with Gasteiger partial charge in [0.2, 0.25) is 0 Å². The van der Waals surface area contributed by atoms with E-state index >= 15 is 0 Å². The molecule has 6 heteroatoms. The highest BCUT2D eigenvalue weighted by molar-refractivity contribution is 7.98. The van der Waals surface area contributed by atoms with Crippen molar-refractivity contribution >= 4 is 24.0 Å². The molecule has 2 rings (SSSR count). The molecule has 0 spiro atoms. The highest BCUT2D eigenvalue weighted by Crippen LogP contribution is 2.15. The van der Waals surface area contributed by atoms with Crippen molar-refractivity contribution in [2.45, 2.75) is 38.0 Å². The molecule has 1 aromatic heterocycles. The zero-order chi connectivity index (χ0) is 15.4. The Morgan fingerprint density at radius 1 is 1.29 bits per heavy atom. The van der Waals surface area contributed by atoms with Crippen LogP contribution in [-0.4, -0.2) is 32.6 Å². The molecule has 1 heterocycles. The van der Waals surface area contributed by atoms with E-state index in [1.807, 2.05) is 15.6 Å². The summed E-state index contributed by atoms with van der Waals surface area (Å²) in [5.41, 5.74) is 1.30. The summed E-state index contributed by atoms with van der Waals surface area (Å²) in [7, 11) is 2.08. The lowest BCUT2D eigenvalue weighted by atomic mass is 10.2. The normalized spacial score (nSPS) is 11.5. The van der Waals surface area contributed by atoms with Gasteiger partial charge in [-0.15, -0.1) is 11.8 Å². The number of hydrogen-bond donors (Lipinski definition) is 0. The molecule has 1 aromatic carbocycles. The van der Waals surface area contributed by atoms with Crippen molar-refractivity contribution in [3.8, 4) is 0 Å². The Morgan fingerprint density at radius 2 is 1.95 bits per heavy atom. The second-order valence-electron chi connectivity index (χ2n) is 5.42. The second-order valence-corrected chi connectivity index (χ2v) is 6.66. The van der Waals surface area contributed by atoms with Crippen LogP contribution < -0.4 is 0 Å². The molecular weight excluding hydrogens is 300 g/mol. The van der Waals surface area contributed by atoms with E-state index in [-0.39, 0.29) is 0 Å². The first kappa shape index (κ1) is 16.3. The molecule has 0 N–H and O–H groups in total. The topological polar surface area (TPSA) is 26.0 Å². The van der Waals surface area contributed by atoms with E-state index in [9.17, 15) is 0 Å². The summed E-state index contributed by atoms with van der Waals surface area (Å²) >= 11 is 7.21. The van der Waals surface area contributed by atoms with Crippen LogP contribution in [0.1, 0.15) is 25.5 Å². The fourth-order valence-electron chi connectivity index (χ4n) is 2.12. The van der Waals surface area contributed by atoms with Crippen molar-refractivity contribution in [1.82, 2.24) is 19.2 Å². The molecule has 0 unspecified atom stereocenters. The van der Waals surface area contributed by atoms with E-state index in [1.54, 1.807) is 11.8 Å². The van der Waals surface area contributed by atoms with Gasteiger partial charge in [-0.25, -0.2) is 4.68 Å². The summed E-state index contributed by atoms with van der Waals surface area (Å²) in [6, 6.07) is 9.01. The highest BCUT2D eigenvalue weighted by atomic mass is 32.2. The molecule has 0 amide bonds. The first-order chi connectivity index (χ1) is 10.0. The molecule has 0 bridgehead atoms. The van der Waals surface area contributed by atoms with E-state index in [0.717, 1.165) is 11.3 Å². The van der Waals surface area contributed by atoms with Gasteiger partial charge in [-0.05, 0) is 57.1 Å². The van der Waals surface area contributed by atoms with Gasteiger partial charge in [-0.1, -0.05) is 12.1 Å². The van der Waals surface area contributed by atoms with Gasteiger partial charge in [-0.2, -0.15) is 5.10 Å². The predicted octanol–water partition coefficient (Wildman–Crippen LogP) is 3.81. The van der Waals surface area contributed by atoms with Crippen LogP contribution in [0.5, 0.6) is 0 Å². The van der Waals surface area contributed by atoms with E-state index in [2.05, 4.69) is 61.4 Å². The van der Waals surface area contributed by atoms with Crippen LogP contribution >= 0.6 is 24.0 Å². The van der Waals surface area contributed by atoms with Crippen LogP contribution in [0, 0.1) is 4.77 Å². The first-order valence-electron chi connectivity index (χ1n) is 6.96. The Kier molecular flexibility index (Phi) is 5.61. The molecule has 0 fully saturated rings. The summed E-state index contributed by atoms with van der Waals surface area (Å²) < 4.78 is 4.65. The molecule has 21 heavy (non-hydrogen) atoms. The van der Waals surface area contributed by atoms with Gasteiger partial charge in [0.05, 0.1) is 6.67 Å². The molecule has 4 nitrogen and oxygen atoms in total. The molecule has 0 saturated heterocycles. The fraction of sp³-hybridized carbons (Fsp3) is 0.467. The van der Waals surface area contributed by atoms with Crippen molar-refractivity contribution in [2.75, 3.05) is 13.3 Å². The van der Waals surface area contributed by atoms with Gasteiger partial charge >= 0.3 is 0 Å². The molecule has 0 aliphatic rings. The summed E-state index contributed by atoms with van der Waals surface area (Å²) in [6.45, 7) is 5.80. The third-order valence-corrected chi connectivity index (χ3v) is 4.47. The summed E-state index contributed by atoms with van der Waals surface area (Å²) in [4.78, 5) is 3.50. The smallest absolute Gasteiger partial charge is 0.199 e. The SMILES string of the molecule is CSc1ccc(CN(C)Cn2ncn(C(C)C)c2=S)cc1.